The highest BCUT2D eigenvalue weighted by Crippen LogP contribution is 2.22. The van der Waals surface area contributed by atoms with Gasteiger partial charge in [0.2, 0.25) is 15.8 Å². The van der Waals surface area contributed by atoms with Crippen LogP contribution in [0.2, 0.25) is 0 Å². The Kier molecular flexibility index (Phi) is 4.36. The number of halogens is 1. The molecule has 0 atom stereocenters. The second-order valence-corrected chi connectivity index (χ2v) is 5.40. The fourth-order valence-corrected chi connectivity index (χ4v) is 2.98. The van der Waals surface area contributed by atoms with Gasteiger partial charge in [-0.15, -0.1) is 0 Å². The zero-order chi connectivity index (χ0) is 13.9. The van der Waals surface area contributed by atoms with Gasteiger partial charge in [0, 0.05) is 25.2 Å². The first-order chi connectivity index (χ1) is 8.34. The first-order valence-corrected chi connectivity index (χ1v) is 6.72. The lowest BCUT2D eigenvalue weighted by Gasteiger charge is -2.18. The Balaban J connectivity index is 3.27. The standard InChI is InChI=1S/C10H13FN2O4S/c1-3-12(4-2)18(16,17)8-5-6-10(13(14)15)9(11)7-8/h5-7H,3-4H2,1-2H3. The van der Waals surface area contributed by atoms with Crippen LogP contribution in [-0.4, -0.2) is 30.7 Å². The van der Waals surface area contributed by atoms with Gasteiger partial charge in [0.05, 0.1) is 9.82 Å². The summed E-state index contributed by atoms with van der Waals surface area (Å²) in [5.74, 6) is -1.16. The maximum atomic E-state index is 13.4. The van der Waals surface area contributed by atoms with Crippen LogP contribution in [0, 0.1) is 15.9 Å². The molecule has 8 heteroatoms. The number of hydrogen-bond acceptors (Lipinski definition) is 4. The molecule has 100 valence electrons. The van der Waals surface area contributed by atoms with Crippen molar-refractivity contribution >= 4 is 15.7 Å². The molecule has 0 aliphatic rings. The van der Waals surface area contributed by atoms with Crippen LogP contribution in [0.1, 0.15) is 13.8 Å². The number of hydrogen-bond donors (Lipinski definition) is 0. The molecule has 0 amide bonds. The Labute approximate surface area is 104 Å². The summed E-state index contributed by atoms with van der Waals surface area (Å²) in [5, 5.41) is 10.4. The van der Waals surface area contributed by atoms with Crippen molar-refractivity contribution in [1.82, 2.24) is 4.31 Å². The van der Waals surface area contributed by atoms with Gasteiger partial charge in [-0.25, -0.2) is 8.42 Å². The van der Waals surface area contributed by atoms with E-state index in [-0.39, 0.29) is 18.0 Å². The molecular weight excluding hydrogens is 263 g/mol. The average molecular weight is 276 g/mol. The molecule has 0 fully saturated rings. The first kappa shape index (κ1) is 14.5. The summed E-state index contributed by atoms with van der Waals surface area (Å²) in [6.07, 6.45) is 0. The molecule has 0 saturated heterocycles. The van der Waals surface area contributed by atoms with Crippen LogP contribution in [0.4, 0.5) is 10.1 Å². The normalized spacial score (nSPS) is 11.8. The number of benzene rings is 1. The lowest BCUT2D eigenvalue weighted by Crippen LogP contribution is -2.30. The third kappa shape index (κ3) is 2.65. The molecule has 0 saturated carbocycles. The molecule has 0 bridgehead atoms. The van der Waals surface area contributed by atoms with Crippen LogP contribution < -0.4 is 0 Å². The number of rotatable bonds is 5. The minimum atomic E-state index is -3.80. The van der Waals surface area contributed by atoms with E-state index in [4.69, 9.17) is 0 Å². The molecule has 0 aliphatic carbocycles. The van der Waals surface area contributed by atoms with Gasteiger partial charge < -0.3 is 0 Å². The molecule has 0 unspecified atom stereocenters. The van der Waals surface area contributed by atoms with Crippen LogP contribution >= 0.6 is 0 Å². The lowest BCUT2D eigenvalue weighted by atomic mass is 10.3. The lowest BCUT2D eigenvalue weighted by molar-refractivity contribution is -0.387. The second-order valence-electron chi connectivity index (χ2n) is 3.46. The number of nitrogens with zero attached hydrogens (tertiary/aromatic N) is 2. The third-order valence-corrected chi connectivity index (χ3v) is 4.50. The van der Waals surface area contributed by atoms with Gasteiger partial charge in [0.25, 0.3) is 0 Å². The van der Waals surface area contributed by atoms with Gasteiger partial charge in [0.1, 0.15) is 0 Å². The van der Waals surface area contributed by atoms with E-state index < -0.39 is 26.5 Å². The third-order valence-electron chi connectivity index (χ3n) is 2.46. The minimum absolute atomic E-state index is 0.247. The van der Waals surface area contributed by atoms with E-state index in [9.17, 15) is 22.9 Å². The monoisotopic (exact) mass is 276 g/mol. The Morgan fingerprint density at radius 3 is 2.28 bits per heavy atom. The minimum Gasteiger partial charge on any atom is -0.258 e. The highest BCUT2D eigenvalue weighted by atomic mass is 32.2. The van der Waals surface area contributed by atoms with E-state index in [0.29, 0.717) is 6.07 Å². The largest absolute Gasteiger partial charge is 0.304 e. The van der Waals surface area contributed by atoms with Crippen molar-refractivity contribution in [1.29, 1.82) is 0 Å². The zero-order valence-electron chi connectivity index (χ0n) is 9.96. The van der Waals surface area contributed by atoms with Crippen LogP contribution in [0.5, 0.6) is 0 Å². The van der Waals surface area contributed by atoms with Crippen molar-refractivity contribution in [2.24, 2.45) is 0 Å². The van der Waals surface area contributed by atoms with E-state index in [0.717, 1.165) is 16.4 Å². The van der Waals surface area contributed by atoms with E-state index in [2.05, 4.69) is 0 Å². The van der Waals surface area contributed by atoms with Gasteiger partial charge in [-0.05, 0) is 6.07 Å². The maximum absolute atomic E-state index is 13.4. The van der Waals surface area contributed by atoms with E-state index in [1.807, 2.05) is 0 Å². The van der Waals surface area contributed by atoms with Gasteiger partial charge in [0.15, 0.2) is 0 Å². The molecule has 0 N–H and O–H groups in total. The SMILES string of the molecule is CCN(CC)S(=O)(=O)c1ccc([N+](=O)[O-])c(F)c1. The number of sulfonamides is 1. The topological polar surface area (TPSA) is 80.5 Å². The smallest absolute Gasteiger partial charge is 0.258 e. The van der Waals surface area contributed by atoms with Crippen LogP contribution in [0.15, 0.2) is 23.1 Å². The molecule has 18 heavy (non-hydrogen) atoms. The fraction of sp³-hybridized carbons (Fsp3) is 0.400. The Hall–Kier alpha value is -1.54. The molecule has 0 spiro atoms. The predicted molar refractivity (Wildman–Crippen MR) is 63.2 cm³/mol. The van der Waals surface area contributed by atoms with Gasteiger partial charge in [-0.1, -0.05) is 13.8 Å². The molecule has 0 radical (unpaired) electrons. The molecule has 6 nitrogen and oxygen atoms in total. The summed E-state index contributed by atoms with van der Waals surface area (Å²) in [4.78, 5) is 9.25. The van der Waals surface area contributed by atoms with Gasteiger partial charge in [-0.3, -0.25) is 10.1 Å². The summed E-state index contributed by atoms with van der Waals surface area (Å²) in [6.45, 7) is 3.81. The summed E-state index contributed by atoms with van der Waals surface area (Å²) in [6, 6.07) is 2.56. The van der Waals surface area contributed by atoms with E-state index >= 15 is 0 Å². The maximum Gasteiger partial charge on any atom is 0.304 e. The van der Waals surface area contributed by atoms with Crippen molar-refractivity contribution in [2.75, 3.05) is 13.1 Å². The summed E-state index contributed by atoms with van der Waals surface area (Å²) < 4.78 is 38.6. The average Bonchev–Trinajstić information content (AvgIpc) is 2.29. The molecule has 1 aromatic rings. The van der Waals surface area contributed by atoms with Gasteiger partial charge >= 0.3 is 5.69 Å². The Morgan fingerprint density at radius 1 is 1.33 bits per heavy atom. The molecular formula is C10H13FN2O4S. The summed E-state index contributed by atoms with van der Waals surface area (Å²) in [7, 11) is -3.80. The van der Waals surface area contributed by atoms with Crippen molar-refractivity contribution in [2.45, 2.75) is 18.7 Å². The predicted octanol–water partition coefficient (Wildman–Crippen LogP) is 1.76. The van der Waals surface area contributed by atoms with Crippen LogP contribution in [0.25, 0.3) is 0 Å². The van der Waals surface area contributed by atoms with Crippen molar-refractivity contribution < 1.29 is 17.7 Å². The zero-order valence-corrected chi connectivity index (χ0v) is 10.8. The second kappa shape index (κ2) is 5.40. The summed E-state index contributed by atoms with van der Waals surface area (Å²) >= 11 is 0. The Bertz CT molecular complexity index is 555. The summed E-state index contributed by atoms with van der Waals surface area (Å²) in [5.41, 5.74) is -0.742. The van der Waals surface area contributed by atoms with E-state index in [1.165, 1.54) is 0 Å². The van der Waals surface area contributed by atoms with Crippen LogP contribution in [-0.2, 0) is 10.0 Å². The molecule has 0 aliphatic heterocycles. The molecule has 1 rings (SSSR count). The van der Waals surface area contributed by atoms with Gasteiger partial charge in [-0.2, -0.15) is 8.70 Å². The molecule has 0 aromatic heterocycles. The van der Waals surface area contributed by atoms with Crippen LogP contribution in [0.3, 0.4) is 0 Å². The fourth-order valence-electron chi connectivity index (χ4n) is 1.51. The highest BCUT2D eigenvalue weighted by molar-refractivity contribution is 7.89. The highest BCUT2D eigenvalue weighted by Gasteiger charge is 2.24. The van der Waals surface area contributed by atoms with Crippen molar-refractivity contribution in [3.63, 3.8) is 0 Å². The number of nitro groups is 1. The van der Waals surface area contributed by atoms with Crippen molar-refractivity contribution in [3.05, 3.63) is 34.1 Å². The van der Waals surface area contributed by atoms with Crippen molar-refractivity contribution in [3.8, 4) is 0 Å². The van der Waals surface area contributed by atoms with E-state index in [1.54, 1.807) is 13.8 Å². The quantitative estimate of drug-likeness (QED) is 0.606. The number of nitro benzene ring substituents is 1. The molecule has 1 aromatic carbocycles. The Morgan fingerprint density at radius 2 is 1.89 bits per heavy atom. The first-order valence-electron chi connectivity index (χ1n) is 5.28. The molecule has 0 heterocycles.